The molecule has 0 spiro atoms. The number of carbonyl (C=O) groups excluding carboxylic acids is 2. The highest BCUT2D eigenvalue weighted by Crippen LogP contribution is 2.43. The summed E-state index contributed by atoms with van der Waals surface area (Å²) in [7, 11) is 1.46. The average Bonchev–Trinajstić information content (AvgIpc) is 3.16. The summed E-state index contributed by atoms with van der Waals surface area (Å²) in [6, 6.07) is 0. The molecule has 57 heavy (non-hydrogen) atoms. The highest BCUT2D eigenvalue weighted by Gasteiger charge is 2.27. The van der Waals surface area contributed by atoms with E-state index in [0.717, 1.165) is 57.8 Å². The van der Waals surface area contributed by atoms with Crippen molar-refractivity contribution in [1.29, 1.82) is 0 Å². The number of carbonyl (C=O) groups is 2. The van der Waals surface area contributed by atoms with Crippen LogP contribution in [0.25, 0.3) is 0 Å². The van der Waals surface area contributed by atoms with E-state index < -0.39 is 26.5 Å². The first kappa shape index (κ1) is 55.2. The minimum atomic E-state index is -4.38. The van der Waals surface area contributed by atoms with Crippen LogP contribution in [-0.4, -0.2) is 74.9 Å². The monoisotopic (exact) mass is 827 g/mol. The molecule has 0 radical (unpaired) electrons. The minimum absolute atomic E-state index is 0.0281. The predicted molar refractivity (Wildman–Crippen MR) is 238 cm³/mol. The highest BCUT2D eigenvalue weighted by atomic mass is 31.2. The maximum absolute atomic E-state index is 12.7. The molecular formula is C47H89NO8P+. The summed E-state index contributed by atoms with van der Waals surface area (Å²) < 4.78 is 34.3. The van der Waals surface area contributed by atoms with Gasteiger partial charge in [0, 0.05) is 12.8 Å². The zero-order chi connectivity index (χ0) is 42.1. The summed E-state index contributed by atoms with van der Waals surface area (Å²) in [6.45, 7) is 4.38. The molecule has 2 atom stereocenters. The molecule has 334 valence electrons. The second kappa shape index (κ2) is 39.7. The fraction of sp³-hybridized carbons (Fsp3) is 0.830. The molecule has 0 aliphatic heterocycles. The Balaban J connectivity index is 4.34. The first-order chi connectivity index (χ1) is 27.5. The van der Waals surface area contributed by atoms with Crippen LogP contribution in [-0.2, 0) is 32.7 Å². The maximum atomic E-state index is 12.7. The normalized spacial score (nSPS) is 13.9. The van der Waals surface area contributed by atoms with Gasteiger partial charge in [0.1, 0.15) is 19.8 Å². The molecule has 2 unspecified atom stereocenters. The quantitative estimate of drug-likeness (QED) is 0.0213. The van der Waals surface area contributed by atoms with E-state index in [4.69, 9.17) is 18.5 Å². The van der Waals surface area contributed by atoms with Gasteiger partial charge in [-0.25, -0.2) is 4.57 Å². The van der Waals surface area contributed by atoms with Crippen molar-refractivity contribution in [1.82, 2.24) is 0 Å². The van der Waals surface area contributed by atoms with Gasteiger partial charge in [-0.3, -0.25) is 18.6 Å². The number of esters is 2. The summed E-state index contributed by atoms with van der Waals surface area (Å²) in [5.41, 5.74) is 0. The number of allylic oxidation sites excluding steroid dienone is 6. The van der Waals surface area contributed by atoms with Gasteiger partial charge in [-0.15, -0.1) is 0 Å². The van der Waals surface area contributed by atoms with E-state index in [1.165, 1.54) is 109 Å². The third-order valence-electron chi connectivity index (χ3n) is 9.89. The van der Waals surface area contributed by atoms with E-state index in [9.17, 15) is 19.0 Å². The Morgan fingerprint density at radius 1 is 0.544 bits per heavy atom. The van der Waals surface area contributed by atoms with Crippen molar-refractivity contribution in [3.8, 4) is 0 Å². The fourth-order valence-electron chi connectivity index (χ4n) is 6.21. The molecule has 0 aliphatic rings. The van der Waals surface area contributed by atoms with E-state index >= 15 is 0 Å². The topological polar surface area (TPSA) is 108 Å². The Bertz CT molecular complexity index is 1070. The first-order valence-corrected chi connectivity index (χ1v) is 24.7. The Kier molecular flexibility index (Phi) is 38.4. The Morgan fingerprint density at radius 2 is 0.947 bits per heavy atom. The van der Waals surface area contributed by atoms with Crippen molar-refractivity contribution in [2.45, 2.75) is 206 Å². The van der Waals surface area contributed by atoms with E-state index in [1.54, 1.807) is 0 Å². The lowest BCUT2D eigenvalue weighted by Crippen LogP contribution is -2.37. The molecule has 0 bridgehead atoms. The van der Waals surface area contributed by atoms with Gasteiger partial charge in [0.05, 0.1) is 27.7 Å². The molecule has 0 aromatic heterocycles. The van der Waals surface area contributed by atoms with Crippen molar-refractivity contribution in [3.63, 3.8) is 0 Å². The van der Waals surface area contributed by atoms with E-state index in [1.807, 2.05) is 21.1 Å². The second-order valence-electron chi connectivity index (χ2n) is 16.8. The van der Waals surface area contributed by atoms with Crippen molar-refractivity contribution in [2.24, 2.45) is 0 Å². The molecule has 0 aliphatic carbocycles. The predicted octanol–water partition coefficient (Wildman–Crippen LogP) is 13.3. The fourth-order valence-corrected chi connectivity index (χ4v) is 6.96. The van der Waals surface area contributed by atoms with E-state index in [0.29, 0.717) is 17.4 Å². The van der Waals surface area contributed by atoms with Crippen LogP contribution in [0.15, 0.2) is 36.5 Å². The van der Waals surface area contributed by atoms with E-state index in [2.05, 4.69) is 50.3 Å². The lowest BCUT2D eigenvalue weighted by molar-refractivity contribution is -0.870. The molecule has 0 rings (SSSR count). The van der Waals surface area contributed by atoms with Crippen molar-refractivity contribution < 1.29 is 42.1 Å². The third-order valence-corrected chi connectivity index (χ3v) is 10.9. The highest BCUT2D eigenvalue weighted by molar-refractivity contribution is 7.47. The Labute approximate surface area is 351 Å². The number of ether oxygens (including phenoxy) is 2. The molecule has 0 aromatic rings. The molecule has 0 amide bonds. The number of hydrogen-bond acceptors (Lipinski definition) is 7. The number of unbranched alkanes of at least 4 members (excludes halogenated alkanes) is 22. The number of rotatable bonds is 42. The molecule has 10 heteroatoms. The van der Waals surface area contributed by atoms with Gasteiger partial charge in [-0.1, -0.05) is 153 Å². The number of nitrogens with zero attached hydrogens (tertiary/aromatic N) is 1. The van der Waals surface area contributed by atoms with Gasteiger partial charge < -0.3 is 18.9 Å². The smallest absolute Gasteiger partial charge is 0.462 e. The first-order valence-electron chi connectivity index (χ1n) is 23.2. The Hall–Kier alpha value is -1.77. The minimum Gasteiger partial charge on any atom is -0.462 e. The molecule has 0 fully saturated rings. The van der Waals surface area contributed by atoms with E-state index in [-0.39, 0.29) is 32.0 Å². The number of hydrogen-bond donors (Lipinski definition) is 1. The number of quaternary nitrogens is 1. The van der Waals surface area contributed by atoms with Crippen LogP contribution in [0, 0.1) is 0 Å². The van der Waals surface area contributed by atoms with Gasteiger partial charge >= 0.3 is 19.8 Å². The summed E-state index contributed by atoms with van der Waals surface area (Å²) in [5, 5.41) is 0. The zero-order valence-electron chi connectivity index (χ0n) is 37.6. The van der Waals surface area contributed by atoms with Crippen molar-refractivity contribution in [3.05, 3.63) is 36.5 Å². The maximum Gasteiger partial charge on any atom is 0.472 e. The standard InChI is InChI=1S/C47H88NO8P/c1-6-8-10-12-14-16-18-20-22-23-24-26-27-29-31-33-35-37-39-46(49)53-43-45(44-55-57(51,52)54-42-41-48(3,4)5)56-47(50)40-38-36-34-32-30-28-25-21-19-17-15-13-11-9-7-2/h15,17,21-23,25,45H,6-14,16,18-20,24,26-44H2,1-5H3/p+1/b17-15-,23-22-,25-21-. The Morgan fingerprint density at radius 3 is 1.44 bits per heavy atom. The van der Waals surface area contributed by atoms with Crippen LogP contribution in [0.2, 0.25) is 0 Å². The molecule has 0 saturated carbocycles. The average molecular weight is 827 g/mol. The second-order valence-corrected chi connectivity index (χ2v) is 18.2. The molecule has 1 N–H and O–H groups in total. The van der Waals surface area contributed by atoms with Crippen LogP contribution >= 0.6 is 7.82 Å². The van der Waals surface area contributed by atoms with Crippen molar-refractivity contribution in [2.75, 3.05) is 47.5 Å². The van der Waals surface area contributed by atoms with Crippen LogP contribution in [0.5, 0.6) is 0 Å². The summed E-state index contributed by atoms with van der Waals surface area (Å²) in [6.07, 6.45) is 44.7. The van der Waals surface area contributed by atoms with Gasteiger partial charge in [-0.2, -0.15) is 0 Å². The van der Waals surface area contributed by atoms with Gasteiger partial charge in [0.2, 0.25) is 0 Å². The SMILES string of the molecule is CCCCC/C=C\C/C=C\CCCCCCCC(=O)OC(COC(=O)CCCCCCCCC/C=C\CCCCCCCCC)COP(=O)(O)OCC[N+](C)(C)C. The van der Waals surface area contributed by atoms with Gasteiger partial charge in [0.15, 0.2) is 6.10 Å². The van der Waals surface area contributed by atoms with Gasteiger partial charge in [-0.05, 0) is 70.6 Å². The third kappa shape index (κ3) is 43.6. The molecule has 9 nitrogen and oxygen atoms in total. The lowest BCUT2D eigenvalue weighted by Gasteiger charge is -2.24. The lowest BCUT2D eigenvalue weighted by atomic mass is 10.1. The van der Waals surface area contributed by atoms with Gasteiger partial charge in [0.25, 0.3) is 0 Å². The van der Waals surface area contributed by atoms with Crippen LogP contribution < -0.4 is 0 Å². The van der Waals surface area contributed by atoms with Crippen LogP contribution in [0.4, 0.5) is 0 Å². The number of likely N-dealkylation sites (N-methyl/N-ethyl adjacent to an activating group) is 1. The van der Waals surface area contributed by atoms with Crippen LogP contribution in [0.1, 0.15) is 200 Å². The summed E-state index contributed by atoms with van der Waals surface area (Å²) >= 11 is 0. The van der Waals surface area contributed by atoms with Crippen molar-refractivity contribution >= 4 is 19.8 Å². The molecule has 0 saturated heterocycles. The molecule has 0 heterocycles. The number of phosphoric acid groups is 1. The largest absolute Gasteiger partial charge is 0.472 e. The van der Waals surface area contributed by atoms with Crippen LogP contribution in [0.3, 0.4) is 0 Å². The molecule has 0 aromatic carbocycles. The summed E-state index contributed by atoms with van der Waals surface area (Å²) in [4.78, 5) is 35.4. The number of phosphoric ester groups is 1. The zero-order valence-corrected chi connectivity index (χ0v) is 38.5. The summed E-state index contributed by atoms with van der Waals surface area (Å²) in [5.74, 6) is -0.817. The molecular weight excluding hydrogens is 737 g/mol.